The van der Waals surface area contributed by atoms with Crippen LogP contribution in [0.5, 0.6) is 0 Å². The van der Waals surface area contributed by atoms with Crippen LogP contribution < -0.4 is 0 Å². The Balaban J connectivity index is 1.81. The lowest BCUT2D eigenvalue weighted by Crippen LogP contribution is -2.52. The summed E-state index contributed by atoms with van der Waals surface area (Å²) >= 11 is 0. The molecule has 2 aliphatic rings. The van der Waals surface area contributed by atoms with Crippen molar-refractivity contribution in [1.29, 1.82) is 0 Å². The summed E-state index contributed by atoms with van der Waals surface area (Å²) in [4.78, 5) is 16.1. The van der Waals surface area contributed by atoms with E-state index in [2.05, 4.69) is 18.7 Å². The second kappa shape index (κ2) is 5.79. The van der Waals surface area contributed by atoms with Gasteiger partial charge < -0.3 is 4.90 Å². The Hall–Kier alpha value is -0.620. The number of piperazine rings is 1. The fourth-order valence-electron chi connectivity index (χ4n) is 2.88. The molecule has 2 aliphatic heterocycles. The summed E-state index contributed by atoms with van der Waals surface area (Å²) in [6.07, 6.45) is 1.36. The summed E-state index contributed by atoms with van der Waals surface area (Å²) in [5.74, 6) is 1.25. The third-order valence-electron chi connectivity index (χ3n) is 3.97. The Morgan fingerprint density at radius 1 is 1.21 bits per heavy atom. The highest BCUT2D eigenvalue weighted by atomic mass is 32.2. The summed E-state index contributed by atoms with van der Waals surface area (Å²) in [7, 11) is -2.81. The zero-order valence-corrected chi connectivity index (χ0v) is 12.7. The van der Waals surface area contributed by atoms with E-state index >= 15 is 0 Å². The molecule has 1 atom stereocenters. The van der Waals surface area contributed by atoms with Crippen molar-refractivity contribution >= 4 is 15.7 Å². The maximum Gasteiger partial charge on any atom is 0.222 e. The van der Waals surface area contributed by atoms with E-state index in [-0.39, 0.29) is 11.9 Å². The number of rotatable bonds is 3. The van der Waals surface area contributed by atoms with Gasteiger partial charge in [-0.3, -0.25) is 9.69 Å². The highest BCUT2D eigenvalue weighted by Gasteiger charge is 2.34. The highest BCUT2D eigenvalue weighted by Crippen LogP contribution is 2.19. The van der Waals surface area contributed by atoms with Gasteiger partial charge >= 0.3 is 0 Å². The first-order valence-electron chi connectivity index (χ1n) is 7.09. The van der Waals surface area contributed by atoms with E-state index in [0.717, 1.165) is 32.6 Å². The zero-order valence-electron chi connectivity index (χ0n) is 11.8. The quantitative estimate of drug-likeness (QED) is 0.752. The molecule has 1 unspecified atom stereocenters. The summed E-state index contributed by atoms with van der Waals surface area (Å²) in [5.41, 5.74) is 0. The Morgan fingerprint density at radius 2 is 1.84 bits per heavy atom. The molecule has 0 aliphatic carbocycles. The molecule has 0 bridgehead atoms. The minimum atomic E-state index is -2.81. The fourth-order valence-corrected chi connectivity index (χ4v) is 4.64. The van der Waals surface area contributed by atoms with E-state index in [4.69, 9.17) is 0 Å². The van der Waals surface area contributed by atoms with Gasteiger partial charge in [0, 0.05) is 38.6 Å². The summed E-state index contributed by atoms with van der Waals surface area (Å²) in [6, 6.07) is 0.173. The van der Waals surface area contributed by atoms with Crippen molar-refractivity contribution in [3.05, 3.63) is 0 Å². The largest absolute Gasteiger partial charge is 0.340 e. The summed E-state index contributed by atoms with van der Waals surface area (Å²) in [6.45, 7) is 7.20. The van der Waals surface area contributed by atoms with Crippen molar-refractivity contribution in [2.45, 2.75) is 32.7 Å². The average molecular weight is 288 g/mol. The number of carbonyl (C=O) groups is 1. The van der Waals surface area contributed by atoms with Gasteiger partial charge in [0.05, 0.1) is 11.5 Å². The molecular weight excluding hydrogens is 264 g/mol. The lowest BCUT2D eigenvalue weighted by atomic mass is 10.1. The van der Waals surface area contributed by atoms with Crippen LogP contribution in [-0.2, 0) is 14.6 Å². The van der Waals surface area contributed by atoms with Gasteiger partial charge in [-0.05, 0) is 12.3 Å². The molecule has 5 nitrogen and oxygen atoms in total. The molecule has 6 heteroatoms. The number of hydrogen-bond acceptors (Lipinski definition) is 4. The number of hydrogen-bond donors (Lipinski definition) is 0. The molecule has 0 spiro atoms. The van der Waals surface area contributed by atoms with Crippen molar-refractivity contribution in [3.63, 3.8) is 0 Å². The minimum absolute atomic E-state index is 0.173. The van der Waals surface area contributed by atoms with Gasteiger partial charge in [-0.15, -0.1) is 0 Å². The second-order valence-corrected chi connectivity index (χ2v) is 8.30. The zero-order chi connectivity index (χ0) is 14.0. The molecule has 0 aromatic rings. The summed E-state index contributed by atoms with van der Waals surface area (Å²) in [5, 5.41) is 0. The molecule has 0 saturated carbocycles. The SMILES string of the molecule is CC(C)CC(=O)N1CCN(C2CCS(=O)(=O)C2)CC1. The van der Waals surface area contributed by atoms with E-state index in [9.17, 15) is 13.2 Å². The van der Waals surface area contributed by atoms with Crippen LogP contribution in [0.15, 0.2) is 0 Å². The molecule has 2 saturated heterocycles. The topological polar surface area (TPSA) is 57.7 Å². The number of nitrogens with zero attached hydrogens (tertiary/aromatic N) is 2. The molecule has 0 radical (unpaired) electrons. The minimum Gasteiger partial charge on any atom is -0.340 e. The smallest absolute Gasteiger partial charge is 0.222 e. The van der Waals surface area contributed by atoms with E-state index in [1.807, 2.05) is 4.90 Å². The van der Waals surface area contributed by atoms with Gasteiger partial charge in [0.2, 0.25) is 5.91 Å². The maximum absolute atomic E-state index is 12.0. The maximum atomic E-state index is 12.0. The Bertz CT molecular complexity index is 425. The standard InChI is InChI=1S/C13H24N2O3S/c1-11(2)9-13(16)15-6-4-14(5-7-15)12-3-8-19(17,18)10-12/h11-12H,3-10H2,1-2H3. The molecule has 0 N–H and O–H groups in total. The summed E-state index contributed by atoms with van der Waals surface area (Å²) < 4.78 is 23.0. The van der Waals surface area contributed by atoms with Crippen molar-refractivity contribution in [2.75, 3.05) is 37.7 Å². The van der Waals surface area contributed by atoms with E-state index in [1.165, 1.54) is 0 Å². The molecule has 110 valence electrons. The van der Waals surface area contributed by atoms with Crippen molar-refractivity contribution in [1.82, 2.24) is 9.80 Å². The predicted octanol–water partition coefficient (Wildman–Crippen LogP) is 0.364. The Labute approximate surface area is 115 Å². The molecule has 2 fully saturated rings. The molecule has 19 heavy (non-hydrogen) atoms. The normalized spacial score (nSPS) is 27.9. The molecular formula is C13H24N2O3S. The number of amides is 1. The molecule has 2 rings (SSSR count). The van der Waals surface area contributed by atoms with E-state index in [1.54, 1.807) is 0 Å². The molecule has 2 heterocycles. The lowest BCUT2D eigenvalue weighted by molar-refractivity contribution is -0.134. The fraction of sp³-hybridized carbons (Fsp3) is 0.923. The van der Waals surface area contributed by atoms with Crippen LogP contribution in [0.3, 0.4) is 0 Å². The van der Waals surface area contributed by atoms with Gasteiger partial charge in [-0.1, -0.05) is 13.8 Å². The third-order valence-corrected chi connectivity index (χ3v) is 5.72. The van der Waals surface area contributed by atoms with Crippen LogP contribution in [0, 0.1) is 5.92 Å². The van der Waals surface area contributed by atoms with Crippen molar-refractivity contribution < 1.29 is 13.2 Å². The van der Waals surface area contributed by atoms with E-state index < -0.39 is 9.84 Å². The van der Waals surface area contributed by atoms with E-state index in [0.29, 0.717) is 23.8 Å². The lowest BCUT2D eigenvalue weighted by Gasteiger charge is -2.37. The van der Waals surface area contributed by atoms with Crippen LogP contribution in [-0.4, -0.2) is 67.9 Å². The van der Waals surface area contributed by atoms with Crippen molar-refractivity contribution in [3.8, 4) is 0 Å². The van der Waals surface area contributed by atoms with Crippen LogP contribution in [0.2, 0.25) is 0 Å². The van der Waals surface area contributed by atoms with Gasteiger partial charge in [-0.25, -0.2) is 8.42 Å². The van der Waals surface area contributed by atoms with Crippen LogP contribution in [0.25, 0.3) is 0 Å². The highest BCUT2D eigenvalue weighted by molar-refractivity contribution is 7.91. The Morgan fingerprint density at radius 3 is 2.32 bits per heavy atom. The predicted molar refractivity (Wildman–Crippen MR) is 74.7 cm³/mol. The first-order chi connectivity index (χ1) is 8.87. The molecule has 0 aromatic heterocycles. The second-order valence-electron chi connectivity index (χ2n) is 6.07. The van der Waals surface area contributed by atoms with Gasteiger partial charge in [0.15, 0.2) is 9.84 Å². The van der Waals surface area contributed by atoms with Crippen molar-refractivity contribution in [2.24, 2.45) is 5.92 Å². The van der Waals surface area contributed by atoms with Gasteiger partial charge in [0.25, 0.3) is 0 Å². The first kappa shape index (κ1) is 14.8. The molecule has 1 amide bonds. The van der Waals surface area contributed by atoms with Crippen LogP contribution >= 0.6 is 0 Å². The Kier molecular flexibility index (Phi) is 4.50. The number of sulfone groups is 1. The number of carbonyl (C=O) groups excluding carboxylic acids is 1. The van der Waals surface area contributed by atoms with Crippen LogP contribution in [0.4, 0.5) is 0 Å². The average Bonchev–Trinajstić information content (AvgIpc) is 2.69. The van der Waals surface area contributed by atoms with Crippen LogP contribution in [0.1, 0.15) is 26.7 Å². The monoisotopic (exact) mass is 288 g/mol. The first-order valence-corrected chi connectivity index (χ1v) is 8.92. The van der Waals surface area contributed by atoms with Gasteiger partial charge in [-0.2, -0.15) is 0 Å². The van der Waals surface area contributed by atoms with Gasteiger partial charge in [0.1, 0.15) is 0 Å². The third kappa shape index (κ3) is 3.92. The molecule has 0 aromatic carbocycles.